The Balaban J connectivity index is 1.70. The predicted octanol–water partition coefficient (Wildman–Crippen LogP) is 2.83. The second-order valence-electron chi connectivity index (χ2n) is 5.07. The molecule has 0 saturated carbocycles. The summed E-state index contributed by atoms with van der Waals surface area (Å²) in [6.45, 7) is 0.151. The van der Waals surface area contributed by atoms with Crippen LogP contribution in [0.1, 0.15) is 5.56 Å². The molecule has 0 aliphatic rings. The van der Waals surface area contributed by atoms with Crippen LogP contribution in [0.4, 0.5) is 0 Å². The normalized spacial score (nSPS) is 11.4. The third-order valence-corrected chi connectivity index (χ3v) is 4.86. The van der Waals surface area contributed by atoms with Crippen molar-refractivity contribution in [3.8, 4) is 17.0 Å². The van der Waals surface area contributed by atoms with Crippen LogP contribution < -0.4 is 9.46 Å². The smallest absolute Gasteiger partial charge is 0.241 e. The number of benzene rings is 1. The van der Waals surface area contributed by atoms with Crippen LogP contribution in [0, 0.1) is 0 Å². The number of nitrogens with one attached hydrogen (secondary N) is 1. The number of pyridine rings is 1. The first-order valence-corrected chi connectivity index (χ1v) is 8.68. The molecule has 2 aromatic heterocycles. The Kier molecular flexibility index (Phi) is 4.64. The Morgan fingerprint density at radius 3 is 2.75 bits per heavy atom. The maximum atomic E-state index is 12.3. The summed E-state index contributed by atoms with van der Waals surface area (Å²) in [7, 11) is -2.12. The highest BCUT2D eigenvalue weighted by atomic mass is 32.2. The molecule has 124 valence electrons. The number of methoxy groups -OCH3 is 1. The van der Waals surface area contributed by atoms with Gasteiger partial charge in [-0.1, -0.05) is 12.1 Å². The fourth-order valence-electron chi connectivity index (χ4n) is 2.14. The van der Waals surface area contributed by atoms with Crippen molar-refractivity contribution in [2.24, 2.45) is 0 Å². The lowest BCUT2D eigenvalue weighted by Crippen LogP contribution is -2.23. The van der Waals surface area contributed by atoms with Crippen molar-refractivity contribution in [2.75, 3.05) is 7.11 Å². The molecule has 6 nitrogen and oxygen atoms in total. The SMILES string of the molecule is COc1cccc(S(=O)(=O)NCc2ccc(-c3ccoc3)nc2)c1. The predicted molar refractivity (Wildman–Crippen MR) is 89.0 cm³/mol. The van der Waals surface area contributed by atoms with Crippen LogP contribution in [-0.4, -0.2) is 20.5 Å². The lowest BCUT2D eigenvalue weighted by Gasteiger charge is -2.08. The summed E-state index contributed by atoms with van der Waals surface area (Å²) in [5.41, 5.74) is 2.40. The number of hydrogen-bond acceptors (Lipinski definition) is 5. The average molecular weight is 344 g/mol. The number of rotatable bonds is 6. The van der Waals surface area contributed by atoms with Gasteiger partial charge in [0.25, 0.3) is 0 Å². The van der Waals surface area contributed by atoms with Crippen LogP contribution >= 0.6 is 0 Å². The molecule has 0 fully saturated rings. The van der Waals surface area contributed by atoms with E-state index < -0.39 is 10.0 Å². The van der Waals surface area contributed by atoms with Gasteiger partial charge in [-0.25, -0.2) is 13.1 Å². The standard InChI is InChI=1S/C17H16N2O4S/c1-22-15-3-2-4-16(9-15)24(20,21)19-11-13-5-6-17(18-10-13)14-7-8-23-12-14/h2-10,12,19H,11H2,1H3. The maximum Gasteiger partial charge on any atom is 0.241 e. The van der Waals surface area contributed by atoms with E-state index in [4.69, 9.17) is 9.15 Å². The van der Waals surface area contributed by atoms with Crippen molar-refractivity contribution in [3.05, 3.63) is 66.8 Å². The minimum absolute atomic E-state index is 0.151. The number of sulfonamides is 1. The molecule has 7 heteroatoms. The summed E-state index contributed by atoms with van der Waals surface area (Å²) in [6.07, 6.45) is 4.82. The number of aromatic nitrogens is 1. The summed E-state index contributed by atoms with van der Waals surface area (Å²) >= 11 is 0. The number of ether oxygens (including phenoxy) is 1. The summed E-state index contributed by atoms with van der Waals surface area (Å²) < 4.78 is 37.3. The zero-order chi connectivity index (χ0) is 17.0. The first-order chi connectivity index (χ1) is 11.6. The zero-order valence-corrected chi connectivity index (χ0v) is 13.8. The van der Waals surface area contributed by atoms with E-state index >= 15 is 0 Å². The Morgan fingerprint density at radius 1 is 1.21 bits per heavy atom. The van der Waals surface area contributed by atoms with Gasteiger partial charge in [0.1, 0.15) is 5.75 Å². The zero-order valence-electron chi connectivity index (χ0n) is 13.0. The van der Waals surface area contributed by atoms with Gasteiger partial charge in [0.15, 0.2) is 0 Å². The van der Waals surface area contributed by atoms with Crippen LogP contribution in [0.25, 0.3) is 11.3 Å². The highest BCUT2D eigenvalue weighted by molar-refractivity contribution is 7.89. The maximum absolute atomic E-state index is 12.3. The lowest BCUT2D eigenvalue weighted by atomic mass is 10.2. The Labute approximate surface area is 140 Å². The van der Waals surface area contributed by atoms with E-state index in [9.17, 15) is 8.42 Å². The van der Waals surface area contributed by atoms with E-state index in [1.54, 1.807) is 30.9 Å². The molecule has 0 amide bonds. The van der Waals surface area contributed by atoms with Crippen molar-refractivity contribution in [1.29, 1.82) is 0 Å². The van der Waals surface area contributed by atoms with Crippen molar-refractivity contribution < 1.29 is 17.6 Å². The topological polar surface area (TPSA) is 81.4 Å². The molecule has 1 N–H and O–H groups in total. The van der Waals surface area contributed by atoms with Gasteiger partial charge in [-0.05, 0) is 29.8 Å². The third kappa shape index (κ3) is 3.64. The molecule has 2 heterocycles. The third-order valence-electron chi connectivity index (χ3n) is 3.46. The number of nitrogens with zero attached hydrogens (tertiary/aromatic N) is 1. The molecule has 3 rings (SSSR count). The number of hydrogen-bond donors (Lipinski definition) is 1. The van der Waals surface area contributed by atoms with Crippen molar-refractivity contribution in [2.45, 2.75) is 11.4 Å². The summed E-state index contributed by atoms with van der Waals surface area (Å²) in [5.74, 6) is 0.490. The minimum atomic E-state index is -3.62. The molecular weight excluding hydrogens is 328 g/mol. The van der Waals surface area contributed by atoms with Gasteiger partial charge in [0.2, 0.25) is 10.0 Å². The molecule has 0 atom stereocenters. The van der Waals surface area contributed by atoms with E-state index in [1.165, 1.54) is 19.2 Å². The van der Waals surface area contributed by atoms with Gasteiger partial charge < -0.3 is 9.15 Å². The molecule has 3 aromatic rings. The molecule has 0 aliphatic carbocycles. The van der Waals surface area contributed by atoms with Gasteiger partial charge in [-0.15, -0.1) is 0 Å². The fraction of sp³-hybridized carbons (Fsp3) is 0.118. The summed E-state index contributed by atoms with van der Waals surface area (Å²) in [4.78, 5) is 4.46. The molecule has 0 aliphatic heterocycles. The molecule has 24 heavy (non-hydrogen) atoms. The molecule has 0 saturated heterocycles. The average Bonchev–Trinajstić information content (AvgIpc) is 3.15. The first-order valence-electron chi connectivity index (χ1n) is 7.20. The molecule has 1 aromatic carbocycles. The van der Waals surface area contributed by atoms with E-state index in [1.807, 2.05) is 18.2 Å². The quantitative estimate of drug-likeness (QED) is 0.743. The summed E-state index contributed by atoms with van der Waals surface area (Å²) in [6, 6.07) is 11.8. The largest absolute Gasteiger partial charge is 0.497 e. The van der Waals surface area contributed by atoms with Gasteiger partial charge in [-0.3, -0.25) is 4.98 Å². The highest BCUT2D eigenvalue weighted by Crippen LogP contribution is 2.19. The van der Waals surface area contributed by atoms with Crippen molar-refractivity contribution in [1.82, 2.24) is 9.71 Å². The Morgan fingerprint density at radius 2 is 2.08 bits per heavy atom. The monoisotopic (exact) mass is 344 g/mol. The minimum Gasteiger partial charge on any atom is -0.497 e. The van der Waals surface area contributed by atoms with Crippen LogP contribution in [-0.2, 0) is 16.6 Å². The number of furan rings is 1. The van der Waals surface area contributed by atoms with Crippen LogP contribution in [0.15, 0.2) is 70.5 Å². The van der Waals surface area contributed by atoms with Crippen LogP contribution in [0.5, 0.6) is 5.75 Å². The molecule has 0 spiro atoms. The molecule has 0 radical (unpaired) electrons. The van der Waals surface area contributed by atoms with E-state index in [2.05, 4.69) is 9.71 Å². The Hall–Kier alpha value is -2.64. The van der Waals surface area contributed by atoms with E-state index in [-0.39, 0.29) is 11.4 Å². The van der Waals surface area contributed by atoms with Crippen LogP contribution in [0.3, 0.4) is 0 Å². The van der Waals surface area contributed by atoms with Crippen molar-refractivity contribution >= 4 is 10.0 Å². The van der Waals surface area contributed by atoms with E-state index in [0.29, 0.717) is 5.75 Å². The van der Waals surface area contributed by atoms with E-state index in [0.717, 1.165) is 16.8 Å². The van der Waals surface area contributed by atoms with Crippen LogP contribution in [0.2, 0.25) is 0 Å². The second-order valence-corrected chi connectivity index (χ2v) is 6.83. The van der Waals surface area contributed by atoms with Gasteiger partial charge in [0.05, 0.1) is 30.2 Å². The second kappa shape index (κ2) is 6.86. The van der Waals surface area contributed by atoms with Gasteiger partial charge >= 0.3 is 0 Å². The van der Waals surface area contributed by atoms with Gasteiger partial charge in [0, 0.05) is 24.4 Å². The summed E-state index contributed by atoms with van der Waals surface area (Å²) in [5, 5.41) is 0. The first kappa shape index (κ1) is 16.2. The van der Waals surface area contributed by atoms with Gasteiger partial charge in [-0.2, -0.15) is 0 Å². The Bertz CT molecular complexity index is 904. The molecular formula is C17H16N2O4S. The fourth-order valence-corrected chi connectivity index (χ4v) is 3.19. The molecule has 0 unspecified atom stereocenters. The molecule has 0 bridgehead atoms. The highest BCUT2D eigenvalue weighted by Gasteiger charge is 2.14. The van der Waals surface area contributed by atoms with Crippen molar-refractivity contribution in [3.63, 3.8) is 0 Å². The lowest BCUT2D eigenvalue weighted by molar-refractivity contribution is 0.413.